The minimum absolute atomic E-state index is 0.0348. The molecule has 0 saturated carbocycles. The van der Waals surface area contributed by atoms with Crippen LogP contribution in [0.15, 0.2) is 30.3 Å². The highest BCUT2D eigenvalue weighted by Gasteiger charge is 2.24. The van der Waals surface area contributed by atoms with E-state index in [-0.39, 0.29) is 12.2 Å². The second kappa shape index (κ2) is 9.29. The molecule has 4 nitrogen and oxygen atoms in total. The summed E-state index contributed by atoms with van der Waals surface area (Å²) in [5.41, 5.74) is 6.91. The van der Waals surface area contributed by atoms with Gasteiger partial charge in [0.2, 0.25) is 0 Å². The maximum Gasteiger partial charge on any atom is 0.306 e. The third-order valence-corrected chi connectivity index (χ3v) is 3.66. The lowest BCUT2D eigenvalue weighted by Gasteiger charge is -2.15. The van der Waals surface area contributed by atoms with E-state index in [4.69, 9.17) is 5.73 Å². The number of carbonyl (C=O) groups is 2. The zero-order valence-corrected chi connectivity index (χ0v) is 12.6. The van der Waals surface area contributed by atoms with Crippen molar-refractivity contribution in [1.29, 1.82) is 0 Å². The maximum atomic E-state index is 12.1. The highest BCUT2D eigenvalue weighted by atomic mass is 16.4. The number of carbonyl (C=O) groups excluding carboxylic acids is 1. The fourth-order valence-electron chi connectivity index (χ4n) is 2.33. The fraction of sp³-hybridized carbons (Fsp3) is 0.529. The molecule has 0 radical (unpaired) electrons. The molecular formula is C17H25NO3. The first-order valence-electron chi connectivity index (χ1n) is 7.59. The van der Waals surface area contributed by atoms with Crippen molar-refractivity contribution in [1.82, 2.24) is 0 Å². The van der Waals surface area contributed by atoms with Crippen molar-refractivity contribution >= 4 is 11.8 Å². The molecule has 4 heteroatoms. The van der Waals surface area contributed by atoms with Crippen LogP contribution in [0.5, 0.6) is 0 Å². The standard InChI is InChI=1S/C17H25NO3/c1-2-3-5-10-14(17(20)21)12-16(19)15(18)11-13-8-6-4-7-9-13/h4,6-9,14-15H,2-3,5,10-12,18H2,1H3,(H,20,21)/t14-,15+/m1/s1. The number of carboxylic acids is 1. The molecule has 2 atom stereocenters. The summed E-state index contributed by atoms with van der Waals surface area (Å²) in [6, 6.07) is 8.92. The zero-order chi connectivity index (χ0) is 15.7. The van der Waals surface area contributed by atoms with E-state index in [2.05, 4.69) is 6.92 Å². The van der Waals surface area contributed by atoms with E-state index in [9.17, 15) is 14.7 Å². The summed E-state index contributed by atoms with van der Waals surface area (Å²) in [4.78, 5) is 23.3. The Morgan fingerprint density at radius 2 is 1.86 bits per heavy atom. The summed E-state index contributed by atoms with van der Waals surface area (Å²) < 4.78 is 0. The molecule has 1 aromatic rings. The molecule has 0 aliphatic heterocycles. The Morgan fingerprint density at radius 1 is 1.19 bits per heavy atom. The first-order chi connectivity index (χ1) is 10.0. The van der Waals surface area contributed by atoms with Crippen LogP contribution in [-0.4, -0.2) is 22.9 Å². The lowest BCUT2D eigenvalue weighted by molar-refractivity contribution is -0.144. The summed E-state index contributed by atoms with van der Waals surface area (Å²) in [5.74, 6) is -1.67. The van der Waals surface area contributed by atoms with Gasteiger partial charge in [-0.3, -0.25) is 9.59 Å². The van der Waals surface area contributed by atoms with Gasteiger partial charge in [0.05, 0.1) is 12.0 Å². The van der Waals surface area contributed by atoms with Crippen LogP contribution in [0.4, 0.5) is 0 Å². The predicted octanol–water partition coefficient (Wildman–Crippen LogP) is 2.80. The summed E-state index contributed by atoms with van der Waals surface area (Å²) >= 11 is 0. The highest BCUT2D eigenvalue weighted by Crippen LogP contribution is 2.16. The summed E-state index contributed by atoms with van der Waals surface area (Å²) in [5, 5.41) is 9.20. The van der Waals surface area contributed by atoms with Gasteiger partial charge in [0.15, 0.2) is 5.78 Å². The lowest BCUT2D eigenvalue weighted by Crippen LogP contribution is -2.35. The molecule has 0 fully saturated rings. The first kappa shape index (κ1) is 17.4. The molecule has 116 valence electrons. The molecule has 0 amide bonds. The average Bonchev–Trinajstić information content (AvgIpc) is 2.47. The van der Waals surface area contributed by atoms with Gasteiger partial charge in [-0.15, -0.1) is 0 Å². The van der Waals surface area contributed by atoms with Crippen LogP contribution < -0.4 is 5.73 Å². The highest BCUT2D eigenvalue weighted by molar-refractivity contribution is 5.87. The van der Waals surface area contributed by atoms with Crippen molar-refractivity contribution < 1.29 is 14.7 Å². The predicted molar refractivity (Wildman–Crippen MR) is 83.0 cm³/mol. The van der Waals surface area contributed by atoms with E-state index in [1.807, 2.05) is 30.3 Å². The van der Waals surface area contributed by atoms with Gasteiger partial charge >= 0.3 is 5.97 Å². The smallest absolute Gasteiger partial charge is 0.306 e. The number of hydrogen-bond acceptors (Lipinski definition) is 3. The van der Waals surface area contributed by atoms with Gasteiger partial charge in [-0.1, -0.05) is 56.5 Å². The Labute approximate surface area is 126 Å². The van der Waals surface area contributed by atoms with Crippen LogP contribution >= 0.6 is 0 Å². The summed E-state index contributed by atoms with van der Waals surface area (Å²) in [6.45, 7) is 2.07. The maximum absolute atomic E-state index is 12.1. The van der Waals surface area contributed by atoms with Gasteiger partial charge in [-0.25, -0.2) is 0 Å². The number of hydrogen-bond donors (Lipinski definition) is 2. The topological polar surface area (TPSA) is 80.4 Å². The molecule has 0 spiro atoms. The number of aliphatic carboxylic acids is 1. The van der Waals surface area contributed by atoms with E-state index in [0.717, 1.165) is 24.8 Å². The van der Waals surface area contributed by atoms with Crippen LogP contribution in [0.3, 0.4) is 0 Å². The lowest BCUT2D eigenvalue weighted by atomic mass is 9.91. The number of Topliss-reactive ketones (excluding diaryl/α,β-unsaturated/α-hetero) is 1. The Balaban J connectivity index is 2.50. The number of unbranched alkanes of at least 4 members (excludes halogenated alkanes) is 2. The van der Waals surface area contributed by atoms with Crippen molar-refractivity contribution in [3.8, 4) is 0 Å². The van der Waals surface area contributed by atoms with Gasteiger partial charge in [0.25, 0.3) is 0 Å². The van der Waals surface area contributed by atoms with Crippen LogP contribution in [0.2, 0.25) is 0 Å². The number of ketones is 1. The van der Waals surface area contributed by atoms with Crippen molar-refractivity contribution in [3.05, 3.63) is 35.9 Å². The molecular weight excluding hydrogens is 266 g/mol. The zero-order valence-electron chi connectivity index (χ0n) is 12.6. The summed E-state index contributed by atoms with van der Waals surface area (Å²) in [7, 11) is 0. The van der Waals surface area contributed by atoms with Crippen LogP contribution in [0.25, 0.3) is 0 Å². The number of carboxylic acid groups (broad SMARTS) is 1. The van der Waals surface area contributed by atoms with Crippen molar-refractivity contribution in [2.75, 3.05) is 0 Å². The van der Waals surface area contributed by atoms with Gasteiger partial charge in [-0.2, -0.15) is 0 Å². The van der Waals surface area contributed by atoms with Gasteiger partial charge in [0, 0.05) is 6.42 Å². The molecule has 0 heterocycles. The second-order valence-corrected chi connectivity index (χ2v) is 5.50. The SMILES string of the molecule is CCCCC[C@H](CC(=O)[C@@H](N)Cc1ccccc1)C(=O)O. The molecule has 0 aliphatic rings. The minimum Gasteiger partial charge on any atom is -0.481 e. The van der Waals surface area contributed by atoms with Crippen LogP contribution in [0, 0.1) is 5.92 Å². The molecule has 3 N–H and O–H groups in total. The van der Waals surface area contributed by atoms with E-state index >= 15 is 0 Å². The molecule has 1 rings (SSSR count). The molecule has 21 heavy (non-hydrogen) atoms. The van der Waals surface area contributed by atoms with E-state index in [1.165, 1.54) is 0 Å². The Bertz CT molecular complexity index is 445. The second-order valence-electron chi connectivity index (χ2n) is 5.50. The van der Waals surface area contributed by atoms with Crippen LogP contribution in [-0.2, 0) is 16.0 Å². The Hall–Kier alpha value is -1.68. The molecule has 0 unspecified atom stereocenters. The third-order valence-electron chi connectivity index (χ3n) is 3.66. The van der Waals surface area contributed by atoms with Crippen LogP contribution in [0.1, 0.15) is 44.6 Å². The van der Waals surface area contributed by atoms with Gasteiger partial charge in [0.1, 0.15) is 0 Å². The monoisotopic (exact) mass is 291 g/mol. The van der Waals surface area contributed by atoms with Crippen molar-refractivity contribution in [3.63, 3.8) is 0 Å². The van der Waals surface area contributed by atoms with Crippen molar-refractivity contribution in [2.45, 2.75) is 51.5 Å². The largest absolute Gasteiger partial charge is 0.481 e. The molecule has 0 aromatic heterocycles. The van der Waals surface area contributed by atoms with Crippen molar-refractivity contribution in [2.24, 2.45) is 11.7 Å². The van der Waals surface area contributed by atoms with E-state index in [0.29, 0.717) is 12.8 Å². The normalized spacial score (nSPS) is 13.6. The fourth-order valence-corrected chi connectivity index (χ4v) is 2.33. The van der Waals surface area contributed by atoms with E-state index < -0.39 is 17.9 Å². The number of benzene rings is 1. The third kappa shape index (κ3) is 6.54. The quantitative estimate of drug-likeness (QED) is 0.650. The summed E-state index contributed by atoms with van der Waals surface area (Å²) in [6.07, 6.45) is 3.91. The molecule has 1 aromatic carbocycles. The molecule has 0 aliphatic carbocycles. The number of nitrogens with two attached hydrogens (primary N) is 1. The molecule has 0 saturated heterocycles. The minimum atomic E-state index is -0.897. The average molecular weight is 291 g/mol. The van der Waals surface area contributed by atoms with E-state index in [1.54, 1.807) is 0 Å². The number of rotatable bonds is 10. The van der Waals surface area contributed by atoms with Gasteiger partial charge < -0.3 is 10.8 Å². The molecule has 0 bridgehead atoms. The Kier molecular flexibility index (Phi) is 7.69. The Morgan fingerprint density at radius 3 is 2.43 bits per heavy atom. The first-order valence-corrected chi connectivity index (χ1v) is 7.59. The van der Waals surface area contributed by atoms with Gasteiger partial charge in [-0.05, 0) is 18.4 Å².